The Morgan fingerprint density at radius 1 is 1.36 bits per heavy atom. The molecule has 0 saturated carbocycles. The van der Waals surface area contributed by atoms with Crippen LogP contribution in [0.2, 0.25) is 0 Å². The van der Waals surface area contributed by atoms with Crippen LogP contribution in [-0.2, 0) is 6.42 Å². The summed E-state index contributed by atoms with van der Waals surface area (Å²) < 4.78 is 1.07. The molecule has 0 aliphatic rings. The Balaban J connectivity index is 2.37. The van der Waals surface area contributed by atoms with Gasteiger partial charge in [-0.1, -0.05) is 22.0 Å². The van der Waals surface area contributed by atoms with Crippen LogP contribution in [-0.4, -0.2) is 11.5 Å². The minimum Gasteiger partial charge on any atom is -0.358 e. The van der Waals surface area contributed by atoms with Crippen LogP contribution in [0.4, 0.5) is 0 Å². The van der Waals surface area contributed by atoms with Gasteiger partial charge in [-0.25, -0.2) is 6.57 Å². The molecule has 2 nitrogen and oxygen atoms in total. The van der Waals surface area contributed by atoms with Crippen LogP contribution in [0.15, 0.2) is 28.7 Å². The number of benzene rings is 1. The maximum atomic E-state index is 6.72. The first-order chi connectivity index (χ1) is 6.79. The fourth-order valence-electron chi connectivity index (χ4n) is 1.47. The van der Waals surface area contributed by atoms with Crippen LogP contribution in [0, 0.1) is 6.57 Å². The highest BCUT2D eigenvalue weighted by atomic mass is 79.9. The van der Waals surface area contributed by atoms with Crippen LogP contribution in [0.25, 0.3) is 15.7 Å². The number of hydrogen-bond donors (Lipinski definition) is 1. The molecule has 14 heavy (non-hydrogen) atoms. The predicted molar refractivity (Wildman–Crippen MR) is 61.2 cm³/mol. The zero-order valence-corrected chi connectivity index (χ0v) is 9.13. The Bertz CT molecular complexity index is 493. The molecule has 0 bridgehead atoms. The molecular formula is C11H9BrN2. The van der Waals surface area contributed by atoms with Gasteiger partial charge in [-0.3, -0.25) is 0 Å². The van der Waals surface area contributed by atoms with E-state index in [1.54, 1.807) is 0 Å². The van der Waals surface area contributed by atoms with Crippen molar-refractivity contribution in [2.24, 2.45) is 0 Å². The first-order valence-electron chi connectivity index (χ1n) is 4.40. The van der Waals surface area contributed by atoms with Gasteiger partial charge in [0, 0.05) is 15.7 Å². The third-order valence-electron chi connectivity index (χ3n) is 2.13. The summed E-state index contributed by atoms with van der Waals surface area (Å²) in [7, 11) is 0. The van der Waals surface area contributed by atoms with Crippen LogP contribution in [0.3, 0.4) is 0 Å². The van der Waals surface area contributed by atoms with Gasteiger partial charge < -0.3 is 9.83 Å². The molecule has 0 saturated heterocycles. The Labute approximate surface area is 90.9 Å². The van der Waals surface area contributed by atoms with Gasteiger partial charge in [0.1, 0.15) is 0 Å². The third-order valence-corrected chi connectivity index (χ3v) is 2.63. The van der Waals surface area contributed by atoms with E-state index < -0.39 is 0 Å². The summed E-state index contributed by atoms with van der Waals surface area (Å²) in [6.07, 6.45) is 0.801. The second-order valence-corrected chi connectivity index (χ2v) is 4.07. The van der Waals surface area contributed by atoms with E-state index >= 15 is 0 Å². The number of halogens is 1. The molecule has 3 heteroatoms. The van der Waals surface area contributed by atoms with Gasteiger partial charge >= 0.3 is 0 Å². The summed E-state index contributed by atoms with van der Waals surface area (Å²) in [4.78, 5) is 6.64. The topological polar surface area (TPSA) is 20.1 Å². The van der Waals surface area contributed by atoms with Crippen molar-refractivity contribution in [3.63, 3.8) is 0 Å². The van der Waals surface area contributed by atoms with E-state index in [9.17, 15) is 0 Å². The highest BCUT2D eigenvalue weighted by Crippen LogP contribution is 2.20. The van der Waals surface area contributed by atoms with Crippen molar-refractivity contribution in [3.05, 3.63) is 45.8 Å². The van der Waals surface area contributed by atoms with E-state index in [0.29, 0.717) is 6.54 Å². The minimum absolute atomic E-state index is 0.550. The number of aromatic nitrogens is 1. The molecule has 0 aliphatic carbocycles. The van der Waals surface area contributed by atoms with Crippen LogP contribution in [0.5, 0.6) is 0 Å². The normalized spacial score (nSPS) is 10.3. The molecule has 0 aliphatic heterocycles. The van der Waals surface area contributed by atoms with E-state index in [-0.39, 0.29) is 0 Å². The lowest BCUT2D eigenvalue weighted by Crippen LogP contribution is -1.85. The van der Waals surface area contributed by atoms with Crippen molar-refractivity contribution in [2.75, 3.05) is 6.54 Å². The second-order valence-electron chi connectivity index (χ2n) is 3.16. The van der Waals surface area contributed by atoms with E-state index in [0.717, 1.165) is 22.1 Å². The summed E-state index contributed by atoms with van der Waals surface area (Å²) in [6, 6.07) is 8.25. The first-order valence-corrected chi connectivity index (χ1v) is 5.19. The first kappa shape index (κ1) is 9.29. The molecule has 1 N–H and O–H groups in total. The molecule has 0 amide bonds. The monoisotopic (exact) mass is 248 g/mol. The maximum absolute atomic E-state index is 6.72. The lowest BCUT2D eigenvalue weighted by Gasteiger charge is -1.89. The fraction of sp³-hybridized carbons (Fsp3) is 0.182. The minimum atomic E-state index is 0.550. The number of aromatic amines is 1. The van der Waals surface area contributed by atoms with Crippen LogP contribution < -0.4 is 0 Å². The average molecular weight is 249 g/mol. The molecule has 0 spiro atoms. The van der Waals surface area contributed by atoms with Crippen molar-refractivity contribution in [1.29, 1.82) is 0 Å². The number of fused-ring (bicyclic) bond motifs is 1. The molecule has 0 unspecified atom stereocenters. The van der Waals surface area contributed by atoms with E-state index in [4.69, 9.17) is 6.57 Å². The van der Waals surface area contributed by atoms with Gasteiger partial charge in [-0.05, 0) is 23.6 Å². The summed E-state index contributed by atoms with van der Waals surface area (Å²) in [5.74, 6) is 0. The quantitative estimate of drug-likeness (QED) is 0.787. The van der Waals surface area contributed by atoms with E-state index in [2.05, 4.69) is 44.0 Å². The molecule has 1 aromatic heterocycles. The molecule has 0 fully saturated rings. The standard InChI is InChI=1S/C11H9BrN2/c1-13-5-4-10-6-8-2-3-9(12)7-11(8)14-10/h2-3,6-7,14H,4-5H2. The lowest BCUT2D eigenvalue weighted by molar-refractivity contribution is 1.03. The maximum Gasteiger partial charge on any atom is 0.220 e. The van der Waals surface area contributed by atoms with Crippen LogP contribution >= 0.6 is 15.9 Å². The highest BCUT2D eigenvalue weighted by Gasteiger charge is 2.01. The van der Waals surface area contributed by atoms with Gasteiger partial charge in [-0.2, -0.15) is 0 Å². The molecule has 0 radical (unpaired) electrons. The molecule has 2 rings (SSSR count). The summed E-state index contributed by atoms with van der Waals surface area (Å²) in [6.45, 7) is 7.27. The van der Waals surface area contributed by atoms with Crippen molar-refractivity contribution >= 4 is 26.8 Å². The summed E-state index contributed by atoms with van der Waals surface area (Å²) in [5, 5.41) is 1.20. The fourth-order valence-corrected chi connectivity index (χ4v) is 1.83. The second kappa shape index (κ2) is 3.85. The summed E-state index contributed by atoms with van der Waals surface area (Å²) in [5.41, 5.74) is 2.26. The van der Waals surface area contributed by atoms with Crippen LogP contribution in [0.1, 0.15) is 5.69 Å². The number of rotatable bonds is 2. The highest BCUT2D eigenvalue weighted by molar-refractivity contribution is 9.10. The van der Waals surface area contributed by atoms with Gasteiger partial charge in [0.05, 0.1) is 6.42 Å². The third kappa shape index (κ3) is 1.80. The van der Waals surface area contributed by atoms with Crippen molar-refractivity contribution in [2.45, 2.75) is 6.42 Å². The number of nitrogens with zero attached hydrogens (tertiary/aromatic N) is 1. The molecular weight excluding hydrogens is 240 g/mol. The Hall–Kier alpha value is -1.27. The SMILES string of the molecule is [C-]#[N+]CCc1cc2ccc(Br)cc2[nH]1. The van der Waals surface area contributed by atoms with Crippen molar-refractivity contribution in [1.82, 2.24) is 4.98 Å². The number of H-pyrrole nitrogens is 1. The average Bonchev–Trinajstić information content (AvgIpc) is 2.56. The summed E-state index contributed by atoms with van der Waals surface area (Å²) >= 11 is 3.43. The number of hydrogen-bond acceptors (Lipinski definition) is 0. The zero-order valence-electron chi connectivity index (χ0n) is 7.55. The molecule has 1 aromatic carbocycles. The smallest absolute Gasteiger partial charge is 0.220 e. The van der Waals surface area contributed by atoms with Gasteiger partial charge in [-0.15, -0.1) is 0 Å². The molecule has 2 aromatic rings. The zero-order chi connectivity index (χ0) is 9.97. The van der Waals surface area contributed by atoms with Gasteiger partial charge in [0.25, 0.3) is 0 Å². The van der Waals surface area contributed by atoms with Crippen molar-refractivity contribution in [3.8, 4) is 0 Å². The van der Waals surface area contributed by atoms with E-state index in [1.807, 2.05) is 6.07 Å². The lowest BCUT2D eigenvalue weighted by atomic mass is 10.2. The molecule has 1 heterocycles. The molecule has 0 atom stereocenters. The predicted octanol–water partition coefficient (Wildman–Crippen LogP) is 3.39. The number of nitrogens with one attached hydrogen (secondary N) is 1. The Morgan fingerprint density at radius 2 is 2.21 bits per heavy atom. The van der Waals surface area contributed by atoms with Crippen molar-refractivity contribution < 1.29 is 0 Å². The van der Waals surface area contributed by atoms with Gasteiger partial charge in [0.2, 0.25) is 6.54 Å². The Kier molecular flexibility index (Phi) is 2.55. The van der Waals surface area contributed by atoms with E-state index in [1.165, 1.54) is 5.39 Å². The molecule has 70 valence electrons. The Morgan fingerprint density at radius 3 is 3.00 bits per heavy atom. The largest absolute Gasteiger partial charge is 0.358 e. The van der Waals surface area contributed by atoms with Gasteiger partial charge in [0.15, 0.2) is 0 Å².